The second-order valence-corrected chi connectivity index (χ2v) is 7.98. The Morgan fingerprint density at radius 3 is 2.73 bits per heavy atom. The smallest absolute Gasteiger partial charge is 0.156 e. The number of likely N-dealkylation sites (tertiary alicyclic amines) is 1. The minimum atomic E-state index is -0.0667. The van der Waals surface area contributed by atoms with E-state index in [2.05, 4.69) is 44.7 Å². The number of carbonyl (C=O) groups excluding carboxylic acids is 1. The molecule has 22 heavy (non-hydrogen) atoms. The van der Waals surface area contributed by atoms with Crippen LogP contribution in [0.25, 0.3) is 0 Å². The van der Waals surface area contributed by atoms with E-state index in [4.69, 9.17) is 4.52 Å². The number of Topliss-reactive ketones (excluding diaryl/α,β-unsaturated/α-hetero) is 1. The van der Waals surface area contributed by atoms with Crippen molar-refractivity contribution in [2.24, 2.45) is 5.92 Å². The molecular formula is C18H30N2O2. The van der Waals surface area contributed by atoms with E-state index in [9.17, 15) is 4.79 Å². The lowest BCUT2D eigenvalue weighted by atomic mass is 9.92. The fraction of sp³-hybridized carbons (Fsp3) is 0.778. The Hall–Kier alpha value is -1.16. The molecule has 1 aromatic rings. The molecule has 1 fully saturated rings. The molecule has 2 rings (SSSR count). The van der Waals surface area contributed by atoms with Gasteiger partial charge in [-0.05, 0) is 25.3 Å². The molecule has 1 atom stereocenters. The lowest BCUT2D eigenvalue weighted by Gasteiger charge is -2.35. The Morgan fingerprint density at radius 2 is 2.14 bits per heavy atom. The first-order chi connectivity index (χ1) is 10.3. The van der Waals surface area contributed by atoms with Gasteiger partial charge in [0.25, 0.3) is 0 Å². The standard InChI is InChI=1S/C18H30N2O2/c1-13(2)12-20-9-7-6-8-15(20)16(21)10-14-11-17(22-19-14)18(3,4)5/h11,13,15H,6-10,12H2,1-5H3/t15-/m0/s1. The van der Waals surface area contributed by atoms with E-state index in [0.29, 0.717) is 12.3 Å². The maximum absolute atomic E-state index is 12.7. The molecule has 1 aliphatic rings. The summed E-state index contributed by atoms with van der Waals surface area (Å²) in [6.45, 7) is 12.7. The fourth-order valence-corrected chi connectivity index (χ4v) is 3.09. The second-order valence-electron chi connectivity index (χ2n) is 7.98. The lowest BCUT2D eigenvalue weighted by molar-refractivity contribution is -0.125. The van der Waals surface area contributed by atoms with Gasteiger partial charge in [0.15, 0.2) is 5.78 Å². The molecule has 0 amide bonds. The minimum Gasteiger partial charge on any atom is -0.361 e. The van der Waals surface area contributed by atoms with Crippen LogP contribution < -0.4 is 0 Å². The van der Waals surface area contributed by atoms with Gasteiger partial charge in [-0.3, -0.25) is 9.69 Å². The van der Waals surface area contributed by atoms with Gasteiger partial charge in [0.2, 0.25) is 0 Å². The van der Waals surface area contributed by atoms with E-state index in [-0.39, 0.29) is 17.2 Å². The normalized spacial score (nSPS) is 20.5. The predicted molar refractivity (Wildman–Crippen MR) is 88.0 cm³/mol. The molecule has 0 unspecified atom stereocenters. The monoisotopic (exact) mass is 306 g/mol. The van der Waals surface area contributed by atoms with Crippen LogP contribution in [0.15, 0.2) is 10.6 Å². The molecule has 4 heteroatoms. The topological polar surface area (TPSA) is 46.3 Å². The molecule has 0 bridgehead atoms. The number of rotatable bonds is 5. The highest BCUT2D eigenvalue weighted by Gasteiger charge is 2.29. The molecule has 2 heterocycles. The van der Waals surface area contributed by atoms with Gasteiger partial charge in [0, 0.05) is 18.0 Å². The average molecular weight is 306 g/mol. The summed E-state index contributed by atoms with van der Waals surface area (Å²) in [6.07, 6.45) is 3.72. The molecule has 0 N–H and O–H groups in total. The summed E-state index contributed by atoms with van der Waals surface area (Å²) >= 11 is 0. The van der Waals surface area contributed by atoms with Crippen LogP contribution in [0.1, 0.15) is 65.3 Å². The van der Waals surface area contributed by atoms with Crippen molar-refractivity contribution < 1.29 is 9.32 Å². The maximum atomic E-state index is 12.7. The number of hydrogen-bond acceptors (Lipinski definition) is 4. The van der Waals surface area contributed by atoms with Crippen LogP contribution in [0, 0.1) is 5.92 Å². The third-order valence-electron chi connectivity index (χ3n) is 4.24. The van der Waals surface area contributed by atoms with Gasteiger partial charge in [-0.15, -0.1) is 0 Å². The Labute approximate surface area is 134 Å². The highest BCUT2D eigenvalue weighted by atomic mass is 16.5. The highest BCUT2D eigenvalue weighted by Crippen LogP contribution is 2.24. The molecule has 0 aliphatic carbocycles. The van der Waals surface area contributed by atoms with Gasteiger partial charge >= 0.3 is 0 Å². The summed E-state index contributed by atoms with van der Waals surface area (Å²) in [5, 5.41) is 4.09. The molecule has 1 aromatic heterocycles. The third-order valence-corrected chi connectivity index (χ3v) is 4.24. The summed E-state index contributed by atoms with van der Waals surface area (Å²) in [6, 6.07) is 2.00. The maximum Gasteiger partial charge on any atom is 0.156 e. The van der Waals surface area contributed by atoms with Crippen molar-refractivity contribution in [3.8, 4) is 0 Å². The van der Waals surface area contributed by atoms with Crippen molar-refractivity contribution in [1.82, 2.24) is 10.1 Å². The molecule has 0 radical (unpaired) electrons. The molecule has 124 valence electrons. The van der Waals surface area contributed by atoms with Crippen LogP contribution in [-0.4, -0.2) is 35.0 Å². The molecule has 0 aromatic carbocycles. The quantitative estimate of drug-likeness (QED) is 0.834. The van der Waals surface area contributed by atoms with Crippen molar-refractivity contribution in [3.05, 3.63) is 17.5 Å². The molecule has 4 nitrogen and oxygen atoms in total. The lowest BCUT2D eigenvalue weighted by Crippen LogP contribution is -2.46. The van der Waals surface area contributed by atoms with Gasteiger partial charge in [-0.25, -0.2) is 0 Å². The predicted octanol–water partition coefficient (Wildman–Crippen LogP) is 3.59. The van der Waals surface area contributed by atoms with Crippen molar-refractivity contribution >= 4 is 5.78 Å². The number of piperidine rings is 1. The minimum absolute atomic E-state index is 0.0611. The Morgan fingerprint density at radius 1 is 1.41 bits per heavy atom. The third kappa shape index (κ3) is 4.42. The largest absolute Gasteiger partial charge is 0.361 e. The number of aromatic nitrogens is 1. The van der Waals surface area contributed by atoms with Gasteiger partial charge in [-0.1, -0.05) is 46.2 Å². The van der Waals surface area contributed by atoms with Crippen molar-refractivity contribution in [2.75, 3.05) is 13.1 Å². The first-order valence-corrected chi connectivity index (χ1v) is 8.50. The van der Waals surface area contributed by atoms with Crippen molar-refractivity contribution in [3.63, 3.8) is 0 Å². The summed E-state index contributed by atoms with van der Waals surface area (Å²) < 4.78 is 5.39. The number of carbonyl (C=O) groups is 1. The summed E-state index contributed by atoms with van der Waals surface area (Å²) in [5.41, 5.74) is 0.702. The van der Waals surface area contributed by atoms with Crippen LogP contribution in [0.5, 0.6) is 0 Å². The molecule has 0 spiro atoms. The number of nitrogens with zero attached hydrogens (tertiary/aromatic N) is 2. The zero-order chi connectivity index (χ0) is 16.3. The van der Waals surface area contributed by atoms with E-state index >= 15 is 0 Å². The number of hydrogen-bond donors (Lipinski definition) is 0. The van der Waals surface area contributed by atoms with E-state index in [1.807, 2.05) is 6.07 Å². The second kappa shape index (κ2) is 6.95. The van der Waals surface area contributed by atoms with Crippen molar-refractivity contribution in [1.29, 1.82) is 0 Å². The van der Waals surface area contributed by atoms with E-state index in [1.165, 1.54) is 6.42 Å². The zero-order valence-electron chi connectivity index (χ0n) is 14.7. The number of ketones is 1. The Kier molecular flexibility index (Phi) is 5.43. The van der Waals surface area contributed by atoms with Gasteiger partial charge < -0.3 is 4.52 Å². The molecule has 0 saturated carbocycles. The molecule has 1 aliphatic heterocycles. The zero-order valence-corrected chi connectivity index (χ0v) is 14.7. The van der Waals surface area contributed by atoms with Crippen molar-refractivity contribution in [2.45, 2.75) is 71.8 Å². The SMILES string of the molecule is CC(C)CN1CCCC[C@H]1C(=O)Cc1cc(C(C)(C)C)on1. The summed E-state index contributed by atoms with van der Waals surface area (Å²) in [4.78, 5) is 15.1. The molecule has 1 saturated heterocycles. The van der Waals surface area contributed by atoms with Gasteiger partial charge in [0.1, 0.15) is 5.76 Å². The van der Waals surface area contributed by atoms with Crippen LogP contribution in [0.2, 0.25) is 0 Å². The van der Waals surface area contributed by atoms with Crippen LogP contribution in [0.3, 0.4) is 0 Å². The first-order valence-electron chi connectivity index (χ1n) is 8.50. The van der Waals surface area contributed by atoms with Crippen LogP contribution in [-0.2, 0) is 16.6 Å². The van der Waals surface area contributed by atoms with Gasteiger partial charge in [-0.2, -0.15) is 0 Å². The van der Waals surface area contributed by atoms with E-state index < -0.39 is 0 Å². The Balaban J connectivity index is 2.02. The summed E-state index contributed by atoms with van der Waals surface area (Å²) in [7, 11) is 0. The van der Waals surface area contributed by atoms with Crippen LogP contribution in [0.4, 0.5) is 0 Å². The average Bonchev–Trinajstić information content (AvgIpc) is 2.87. The summed E-state index contributed by atoms with van der Waals surface area (Å²) in [5.74, 6) is 1.72. The Bertz CT molecular complexity index is 499. The first kappa shape index (κ1) is 17.2. The van der Waals surface area contributed by atoms with E-state index in [1.54, 1.807) is 0 Å². The fourth-order valence-electron chi connectivity index (χ4n) is 3.09. The molecular weight excluding hydrogens is 276 g/mol. The van der Waals surface area contributed by atoms with E-state index in [0.717, 1.165) is 37.4 Å². The van der Waals surface area contributed by atoms with Gasteiger partial charge in [0.05, 0.1) is 18.2 Å². The van der Waals surface area contributed by atoms with Crippen LogP contribution >= 0.6 is 0 Å². The highest BCUT2D eigenvalue weighted by molar-refractivity contribution is 5.85.